The first-order valence-electron chi connectivity index (χ1n) is 10.4. The van der Waals surface area contributed by atoms with Gasteiger partial charge in [-0.1, -0.05) is 60.7 Å². The van der Waals surface area contributed by atoms with Gasteiger partial charge in [-0.2, -0.15) is 10.1 Å². The van der Waals surface area contributed by atoms with Gasteiger partial charge in [0.25, 0.3) is 0 Å². The molecule has 29 heavy (non-hydrogen) atoms. The van der Waals surface area contributed by atoms with Gasteiger partial charge in [0.15, 0.2) is 5.82 Å². The Hall–Kier alpha value is -2.99. The van der Waals surface area contributed by atoms with Crippen LogP contribution >= 0.6 is 0 Å². The zero-order chi connectivity index (χ0) is 19.7. The Morgan fingerprint density at radius 1 is 0.828 bits per heavy atom. The average molecular weight is 389 g/mol. The Kier molecular flexibility index (Phi) is 6.65. The van der Waals surface area contributed by atoms with Crippen LogP contribution in [0.2, 0.25) is 0 Å². The molecular formula is C23H28N6. The van der Waals surface area contributed by atoms with Gasteiger partial charge in [-0.25, -0.2) is 0 Å². The minimum absolute atomic E-state index is 0.720. The number of piperazine rings is 1. The van der Waals surface area contributed by atoms with E-state index in [2.05, 4.69) is 91.0 Å². The summed E-state index contributed by atoms with van der Waals surface area (Å²) in [6.45, 7) is 5.73. The average Bonchev–Trinajstić information content (AvgIpc) is 2.79. The van der Waals surface area contributed by atoms with Crippen molar-refractivity contribution in [2.45, 2.75) is 19.4 Å². The SMILES string of the molecule is c1ccc(CCCNc2cnnc(N3CCN(Cc4ccccc4)CC3)n2)cc1. The highest BCUT2D eigenvalue weighted by Gasteiger charge is 2.19. The van der Waals surface area contributed by atoms with E-state index in [9.17, 15) is 0 Å². The number of aromatic nitrogens is 3. The molecule has 1 aromatic heterocycles. The third-order valence-corrected chi connectivity index (χ3v) is 5.24. The van der Waals surface area contributed by atoms with Gasteiger partial charge in [0, 0.05) is 39.3 Å². The Bertz CT molecular complexity index is 863. The zero-order valence-corrected chi connectivity index (χ0v) is 16.7. The number of nitrogens with zero attached hydrogens (tertiary/aromatic N) is 5. The molecule has 1 N–H and O–H groups in total. The number of hydrogen-bond donors (Lipinski definition) is 1. The molecule has 1 aliphatic heterocycles. The summed E-state index contributed by atoms with van der Waals surface area (Å²) in [6, 6.07) is 21.2. The normalized spacial score (nSPS) is 14.7. The van der Waals surface area contributed by atoms with Crippen molar-refractivity contribution in [1.82, 2.24) is 20.1 Å². The quantitative estimate of drug-likeness (QED) is 0.598. The fraction of sp³-hybridized carbons (Fsp3) is 0.348. The second-order valence-corrected chi connectivity index (χ2v) is 7.41. The molecule has 1 saturated heterocycles. The molecule has 0 saturated carbocycles. The van der Waals surface area contributed by atoms with Crippen molar-refractivity contribution in [3.05, 3.63) is 78.0 Å². The molecule has 0 bridgehead atoms. The molecule has 0 radical (unpaired) electrons. The first-order chi connectivity index (χ1) is 14.4. The van der Waals surface area contributed by atoms with Crippen molar-refractivity contribution in [3.8, 4) is 0 Å². The molecule has 3 aromatic rings. The van der Waals surface area contributed by atoms with Gasteiger partial charge in [-0.3, -0.25) is 4.90 Å². The van der Waals surface area contributed by atoms with Crippen LogP contribution in [-0.4, -0.2) is 52.8 Å². The van der Waals surface area contributed by atoms with E-state index in [1.807, 2.05) is 0 Å². The van der Waals surface area contributed by atoms with Crippen LogP contribution in [0.25, 0.3) is 0 Å². The van der Waals surface area contributed by atoms with Crippen LogP contribution in [0.3, 0.4) is 0 Å². The molecule has 6 nitrogen and oxygen atoms in total. The molecule has 6 heteroatoms. The van der Waals surface area contributed by atoms with Crippen LogP contribution in [0.5, 0.6) is 0 Å². The van der Waals surface area contributed by atoms with Crippen molar-refractivity contribution in [2.24, 2.45) is 0 Å². The summed E-state index contributed by atoms with van der Waals surface area (Å²) in [5.74, 6) is 1.52. The first kappa shape index (κ1) is 19.3. The van der Waals surface area contributed by atoms with E-state index in [0.717, 1.165) is 63.9 Å². The lowest BCUT2D eigenvalue weighted by Gasteiger charge is -2.34. The number of anilines is 2. The van der Waals surface area contributed by atoms with Gasteiger partial charge in [-0.15, -0.1) is 5.10 Å². The second-order valence-electron chi connectivity index (χ2n) is 7.41. The van der Waals surface area contributed by atoms with Gasteiger partial charge in [0.05, 0.1) is 6.20 Å². The van der Waals surface area contributed by atoms with Crippen LogP contribution in [0.4, 0.5) is 11.8 Å². The first-order valence-corrected chi connectivity index (χ1v) is 10.4. The maximum Gasteiger partial charge on any atom is 0.247 e. The maximum atomic E-state index is 4.67. The number of benzene rings is 2. The lowest BCUT2D eigenvalue weighted by atomic mass is 10.1. The van der Waals surface area contributed by atoms with E-state index in [4.69, 9.17) is 0 Å². The Labute approximate surface area is 172 Å². The summed E-state index contributed by atoms with van der Waals surface area (Å²) in [7, 11) is 0. The molecule has 0 spiro atoms. The largest absolute Gasteiger partial charge is 0.369 e. The van der Waals surface area contributed by atoms with Crippen LogP contribution < -0.4 is 10.2 Å². The Morgan fingerprint density at radius 2 is 1.52 bits per heavy atom. The van der Waals surface area contributed by atoms with Gasteiger partial charge in [0.1, 0.15) is 0 Å². The molecule has 150 valence electrons. The fourth-order valence-electron chi connectivity index (χ4n) is 3.61. The number of nitrogens with one attached hydrogen (secondary N) is 1. The smallest absolute Gasteiger partial charge is 0.247 e. The van der Waals surface area contributed by atoms with E-state index < -0.39 is 0 Å². The third kappa shape index (κ3) is 5.74. The molecule has 2 heterocycles. The van der Waals surface area contributed by atoms with E-state index in [0.29, 0.717) is 0 Å². The summed E-state index contributed by atoms with van der Waals surface area (Å²) in [5, 5.41) is 11.8. The van der Waals surface area contributed by atoms with Crippen molar-refractivity contribution >= 4 is 11.8 Å². The highest BCUT2D eigenvalue weighted by molar-refractivity contribution is 5.39. The molecule has 0 atom stereocenters. The van der Waals surface area contributed by atoms with E-state index in [-0.39, 0.29) is 0 Å². The summed E-state index contributed by atoms with van der Waals surface area (Å²) >= 11 is 0. The molecule has 0 unspecified atom stereocenters. The number of aryl methyl sites for hydroxylation is 1. The van der Waals surface area contributed by atoms with E-state index in [1.165, 1.54) is 11.1 Å². The lowest BCUT2D eigenvalue weighted by Crippen LogP contribution is -2.46. The summed E-state index contributed by atoms with van der Waals surface area (Å²) in [4.78, 5) is 9.38. The maximum absolute atomic E-state index is 4.67. The van der Waals surface area contributed by atoms with Gasteiger partial charge < -0.3 is 10.2 Å². The monoisotopic (exact) mass is 388 g/mol. The van der Waals surface area contributed by atoms with Gasteiger partial charge >= 0.3 is 0 Å². The highest BCUT2D eigenvalue weighted by Crippen LogP contribution is 2.14. The van der Waals surface area contributed by atoms with Crippen LogP contribution in [0.1, 0.15) is 17.5 Å². The highest BCUT2D eigenvalue weighted by atomic mass is 15.4. The van der Waals surface area contributed by atoms with E-state index in [1.54, 1.807) is 6.20 Å². The van der Waals surface area contributed by atoms with Crippen molar-refractivity contribution in [3.63, 3.8) is 0 Å². The van der Waals surface area contributed by atoms with Crippen molar-refractivity contribution < 1.29 is 0 Å². The summed E-state index contributed by atoms with van der Waals surface area (Å²) in [6.07, 6.45) is 3.82. The fourth-order valence-corrected chi connectivity index (χ4v) is 3.61. The minimum atomic E-state index is 0.720. The predicted octanol–water partition coefficient (Wildman–Crippen LogP) is 3.24. The topological polar surface area (TPSA) is 57.2 Å². The summed E-state index contributed by atoms with van der Waals surface area (Å²) in [5.41, 5.74) is 2.73. The number of rotatable bonds is 8. The Morgan fingerprint density at radius 3 is 2.24 bits per heavy atom. The summed E-state index contributed by atoms with van der Waals surface area (Å²) < 4.78 is 0. The van der Waals surface area contributed by atoms with Crippen LogP contribution in [-0.2, 0) is 13.0 Å². The van der Waals surface area contributed by atoms with Crippen LogP contribution in [0.15, 0.2) is 66.9 Å². The molecule has 2 aromatic carbocycles. The number of hydrogen-bond acceptors (Lipinski definition) is 6. The van der Waals surface area contributed by atoms with Gasteiger partial charge in [0.2, 0.25) is 5.95 Å². The standard InChI is InChI=1S/C23H28N6/c1-3-8-20(9-4-1)12-7-13-24-22-18-25-27-23(26-22)29-16-14-28(15-17-29)19-21-10-5-2-6-11-21/h1-6,8-11,18H,7,12-17,19H2,(H,24,26,27). The molecule has 0 aliphatic carbocycles. The van der Waals surface area contributed by atoms with E-state index >= 15 is 0 Å². The van der Waals surface area contributed by atoms with Crippen molar-refractivity contribution in [2.75, 3.05) is 42.9 Å². The predicted molar refractivity (Wildman–Crippen MR) is 117 cm³/mol. The van der Waals surface area contributed by atoms with Crippen molar-refractivity contribution in [1.29, 1.82) is 0 Å². The molecular weight excluding hydrogens is 360 g/mol. The van der Waals surface area contributed by atoms with Crippen LogP contribution in [0, 0.1) is 0 Å². The zero-order valence-electron chi connectivity index (χ0n) is 16.7. The second kappa shape index (κ2) is 9.98. The molecule has 4 rings (SSSR count). The van der Waals surface area contributed by atoms with Gasteiger partial charge in [-0.05, 0) is 24.0 Å². The lowest BCUT2D eigenvalue weighted by molar-refractivity contribution is 0.248. The molecule has 1 aliphatic rings. The molecule has 0 amide bonds. The minimum Gasteiger partial charge on any atom is -0.369 e. The molecule has 1 fully saturated rings. The Balaban J connectivity index is 1.23. The third-order valence-electron chi connectivity index (χ3n) is 5.24.